The minimum Gasteiger partial charge on any atom is -0.478 e. The molecule has 0 saturated carbocycles. The van der Waals surface area contributed by atoms with Gasteiger partial charge < -0.3 is 15.2 Å². The molecule has 2 heterocycles. The molecule has 134 valence electrons. The highest BCUT2D eigenvalue weighted by atomic mass is 16.5. The molecule has 0 spiro atoms. The van der Waals surface area contributed by atoms with Crippen LogP contribution in [0.3, 0.4) is 0 Å². The van der Waals surface area contributed by atoms with Crippen molar-refractivity contribution in [3.8, 4) is 5.88 Å². The summed E-state index contributed by atoms with van der Waals surface area (Å²) < 4.78 is 8.95. The van der Waals surface area contributed by atoms with Gasteiger partial charge in [-0.05, 0) is 45.4 Å². The van der Waals surface area contributed by atoms with E-state index in [0.717, 1.165) is 28.0 Å². The summed E-state index contributed by atoms with van der Waals surface area (Å²) in [4.78, 5) is 0. The van der Waals surface area contributed by atoms with Crippen molar-refractivity contribution in [3.05, 3.63) is 30.0 Å². The fourth-order valence-electron chi connectivity index (χ4n) is 2.84. The van der Waals surface area contributed by atoms with Crippen LogP contribution in [0.5, 0.6) is 5.88 Å². The number of hydrogen-bond donors (Lipinski definition) is 2. The Morgan fingerprint density at radius 2 is 1.96 bits per heavy atom. The fraction of sp³-hybridized carbons (Fsp3) is 0.444. The number of nitrogens with one attached hydrogen (secondary N) is 1. The first-order valence-electron chi connectivity index (χ1n) is 8.30. The van der Waals surface area contributed by atoms with Crippen LogP contribution in [0.25, 0.3) is 10.9 Å². The molecule has 25 heavy (non-hydrogen) atoms. The molecule has 1 aromatic carbocycles. The number of aryl methyl sites for hydroxylation is 1. The van der Waals surface area contributed by atoms with E-state index in [1.54, 1.807) is 25.6 Å². The highest BCUT2D eigenvalue weighted by Crippen LogP contribution is 2.33. The summed E-state index contributed by atoms with van der Waals surface area (Å²) in [5, 5.41) is 23.6. The van der Waals surface area contributed by atoms with E-state index in [2.05, 4.69) is 24.3 Å². The monoisotopic (exact) mass is 343 g/mol. The van der Waals surface area contributed by atoms with Gasteiger partial charge in [0.2, 0.25) is 0 Å². The average Bonchev–Trinajstić information content (AvgIpc) is 3.07. The van der Waals surface area contributed by atoms with E-state index in [0.29, 0.717) is 5.88 Å². The number of methoxy groups -OCH3 is 1. The zero-order chi connectivity index (χ0) is 18.4. The van der Waals surface area contributed by atoms with Gasteiger partial charge in [-0.3, -0.25) is 9.36 Å². The summed E-state index contributed by atoms with van der Waals surface area (Å²) in [5.41, 5.74) is 1.68. The van der Waals surface area contributed by atoms with Crippen molar-refractivity contribution in [1.82, 2.24) is 19.6 Å². The van der Waals surface area contributed by atoms with Crippen LogP contribution in [-0.4, -0.2) is 31.8 Å². The molecule has 0 saturated heterocycles. The molecule has 0 aliphatic carbocycles. The van der Waals surface area contributed by atoms with Gasteiger partial charge in [0, 0.05) is 18.5 Å². The second-order valence-corrected chi connectivity index (χ2v) is 7.03. The molecule has 0 fully saturated rings. The van der Waals surface area contributed by atoms with Crippen molar-refractivity contribution in [2.24, 2.45) is 7.05 Å². The molecule has 2 N–H and O–H groups in total. The Kier molecular flexibility index (Phi) is 4.20. The van der Waals surface area contributed by atoms with Crippen LogP contribution in [-0.2, 0) is 12.6 Å². The Hall–Kier alpha value is -2.54. The van der Waals surface area contributed by atoms with Crippen molar-refractivity contribution in [2.45, 2.75) is 39.3 Å². The second-order valence-electron chi connectivity index (χ2n) is 7.03. The van der Waals surface area contributed by atoms with Gasteiger partial charge in [-0.1, -0.05) is 6.07 Å². The molecular formula is C18H25N5O2. The van der Waals surface area contributed by atoms with E-state index in [9.17, 15) is 5.11 Å². The van der Waals surface area contributed by atoms with E-state index >= 15 is 0 Å². The molecule has 0 radical (unpaired) electrons. The van der Waals surface area contributed by atoms with Crippen molar-refractivity contribution < 1.29 is 9.84 Å². The summed E-state index contributed by atoms with van der Waals surface area (Å²) in [6.45, 7) is 7.73. The van der Waals surface area contributed by atoms with E-state index in [4.69, 9.17) is 9.84 Å². The molecule has 7 nitrogen and oxygen atoms in total. The lowest BCUT2D eigenvalue weighted by atomic mass is 9.97. The first kappa shape index (κ1) is 17.3. The lowest BCUT2D eigenvalue weighted by molar-refractivity contribution is 0.0787. The molecule has 0 atom stereocenters. The van der Waals surface area contributed by atoms with Crippen LogP contribution in [0.15, 0.2) is 24.4 Å². The van der Waals surface area contributed by atoms with Crippen molar-refractivity contribution in [1.29, 1.82) is 0 Å². The summed E-state index contributed by atoms with van der Waals surface area (Å²) in [6, 6.07) is 6.10. The topological polar surface area (TPSA) is 77.1 Å². The molecule has 3 aromatic rings. The highest BCUT2D eigenvalue weighted by Gasteiger charge is 2.20. The summed E-state index contributed by atoms with van der Waals surface area (Å²) in [5.74, 6) is 1.25. The van der Waals surface area contributed by atoms with Gasteiger partial charge in [-0.25, -0.2) is 0 Å². The van der Waals surface area contributed by atoms with E-state index in [-0.39, 0.29) is 6.04 Å². The average molecular weight is 343 g/mol. The number of fused-ring (bicyclic) bond motifs is 1. The predicted octanol–water partition coefficient (Wildman–Crippen LogP) is 3.33. The Bertz CT molecular complexity index is 902. The number of hydrogen-bond acceptors (Lipinski definition) is 5. The van der Waals surface area contributed by atoms with E-state index in [1.165, 1.54) is 0 Å². The molecular weight excluding hydrogens is 318 g/mol. The number of aliphatic hydroxyl groups is 1. The first-order chi connectivity index (χ1) is 11.7. The smallest absolute Gasteiger partial charge is 0.256 e. The standard InChI is InChI=1S/C18H25N5O2/c1-11(2)23-15-9-12(18(3,4)24)7-8-13(15)16(20-23)19-14-10-22(5)21-17(14)25-6/h7-11,24H,1-6H3,(H,19,20). The maximum Gasteiger partial charge on any atom is 0.256 e. The third-order valence-electron chi connectivity index (χ3n) is 4.14. The minimum atomic E-state index is -0.902. The zero-order valence-corrected chi connectivity index (χ0v) is 15.5. The molecule has 0 bridgehead atoms. The van der Waals surface area contributed by atoms with Crippen molar-refractivity contribution in [3.63, 3.8) is 0 Å². The van der Waals surface area contributed by atoms with E-state index < -0.39 is 5.60 Å². The maximum atomic E-state index is 10.3. The van der Waals surface area contributed by atoms with Crippen LogP contribution in [0.2, 0.25) is 0 Å². The van der Waals surface area contributed by atoms with Crippen LogP contribution in [0, 0.1) is 0 Å². The molecule has 0 aliphatic heterocycles. The van der Waals surface area contributed by atoms with Gasteiger partial charge in [-0.2, -0.15) is 5.10 Å². The lowest BCUT2D eigenvalue weighted by Crippen LogP contribution is -2.15. The summed E-state index contributed by atoms with van der Waals surface area (Å²) >= 11 is 0. The highest BCUT2D eigenvalue weighted by molar-refractivity contribution is 5.93. The minimum absolute atomic E-state index is 0.186. The van der Waals surface area contributed by atoms with Crippen molar-refractivity contribution in [2.75, 3.05) is 12.4 Å². The third-order valence-corrected chi connectivity index (χ3v) is 4.14. The van der Waals surface area contributed by atoms with Crippen LogP contribution in [0.4, 0.5) is 11.5 Å². The Balaban J connectivity index is 2.12. The van der Waals surface area contributed by atoms with Gasteiger partial charge >= 0.3 is 0 Å². The van der Waals surface area contributed by atoms with E-state index in [1.807, 2.05) is 36.1 Å². The number of aromatic nitrogens is 4. The summed E-state index contributed by atoms with van der Waals surface area (Å²) in [7, 11) is 3.43. The Morgan fingerprint density at radius 3 is 2.56 bits per heavy atom. The van der Waals surface area contributed by atoms with Crippen LogP contribution < -0.4 is 10.1 Å². The van der Waals surface area contributed by atoms with Gasteiger partial charge in [0.15, 0.2) is 5.82 Å². The van der Waals surface area contributed by atoms with Gasteiger partial charge in [-0.15, -0.1) is 5.10 Å². The second kappa shape index (κ2) is 6.07. The molecule has 7 heteroatoms. The third kappa shape index (κ3) is 3.19. The maximum absolute atomic E-state index is 10.3. The number of benzene rings is 1. The number of nitrogens with zero attached hydrogens (tertiary/aromatic N) is 4. The Labute approximate surface area is 147 Å². The number of anilines is 2. The largest absolute Gasteiger partial charge is 0.478 e. The molecule has 3 rings (SSSR count). The number of ether oxygens (including phenoxy) is 1. The molecule has 0 aliphatic rings. The fourth-order valence-corrected chi connectivity index (χ4v) is 2.84. The zero-order valence-electron chi connectivity index (χ0n) is 15.5. The van der Waals surface area contributed by atoms with Crippen molar-refractivity contribution >= 4 is 22.4 Å². The summed E-state index contributed by atoms with van der Waals surface area (Å²) in [6.07, 6.45) is 1.85. The van der Waals surface area contributed by atoms with Gasteiger partial charge in [0.1, 0.15) is 5.69 Å². The van der Waals surface area contributed by atoms with Crippen LogP contribution >= 0.6 is 0 Å². The normalized spacial score (nSPS) is 12.2. The molecule has 0 amide bonds. The molecule has 0 unspecified atom stereocenters. The SMILES string of the molecule is COc1nn(C)cc1Nc1nn(C(C)C)c2cc(C(C)(C)O)ccc12. The molecule has 2 aromatic heterocycles. The lowest BCUT2D eigenvalue weighted by Gasteiger charge is -2.18. The van der Waals surface area contributed by atoms with Gasteiger partial charge in [0.25, 0.3) is 5.88 Å². The van der Waals surface area contributed by atoms with Gasteiger partial charge in [0.05, 0.1) is 24.4 Å². The Morgan fingerprint density at radius 1 is 1.24 bits per heavy atom. The number of rotatable bonds is 5. The van der Waals surface area contributed by atoms with Crippen LogP contribution in [0.1, 0.15) is 39.3 Å². The predicted molar refractivity (Wildman–Crippen MR) is 98.4 cm³/mol. The quantitative estimate of drug-likeness (QED) is 0.743. The first-order valence-corrected chi connectivity index (χ1v) is 8.30.